The molecule has 0 radical (unpaired) electrons. The molecule has 0 atom stereocenters. The van der Waals surface area contributed by atoms with Crippen molar-refractivity contribution in [2.24, 2.45) is 0 Å². The van der Waals surface area contributed by atoms with Crippen LogP contribution in [0.15, 0.2) is 60.8 Å². The zero-order chi connectivity index (χ0) is 21.1. The maximum absolute atomic E-state index is 13.9. The van der Waals surface area contributed by atoms with Gasteiger partial charge < -0.3 is 10.3 Å². The molecule has 0 fully saturated rings. The summed E-state index contributed by atoms with van der Waals surface area (Å²) in [6.07, 6.45) is 3.31. The van der Waals surface area contributed by atoms with Gasteiger partial charge in [0.15, 0.2) is 0 Å². The van der Waals surface area contributed by atoms with E-state index in [2.05, 4.69) is 15.3 Å². The molecule has 1 amide bonds. The number of aryl methyl sites for hydroxylation is 1. The lowest BCUT2D eigenvalue weighted by Crippen LogP contribution is -2.12. The summed E-state index contributed by atoms with van der Waals surface area (Å²) in [6, 6.07) is 15.8. The first-order valence-corrected chi connectivity index (χ1v) is 10.2. The van der Waals surface area contributed by atoms with Gasteiger partial charge in [-0.15, -0.1) is 0 Å². The normalized spacial score (nSPS) is 11.0. The second-order valence-electron chi connectivity index (χ2n) is 7.20. The number of H-pyrrole nitrogens is 1. The molecule has 0 saturated carbocycles. The Morgan fingerprint density at radius 2 is 2.03 bits per heavy atom. The van der Waals surface area contributed by atoms with Crippen molar-refractivity contribution in [2.75, 3.05) is 5.32 Å². The van der Waals surface area contributed by atoms with Crippen molar-refractivity contribution in [3.05, 3.63) is 82.8 Å². The summed E-state index contributed by atoms with van der Waals surface area (Å²) in [4.78, 5) is 20.2. The first-order valence-electron chi connectivity index (χ1n) is 9.79. The Morgan fingerprint density at radius 1 is 1.17 bits per heavy atom. The van der Waals surface area contributed by atoms with Gasteiger partial charge in [-0.05, 0) is 73.4 Å². The van der Waals surface area contributed by atoms with Crippen molar-refractivity contribution in [3.8, 4) is 11.4 Å². The number of amides is 1. The zero-order valence-corrected chi connectivity index (χ0v) is 17.3. The summed E-state index contributed by atoms with van der Waals surface area (Å²) in [7, 11) is 0. The Morgan fingerprint density at radius 3 is 2.83 bits per heavy atom. The fourth-order valence-electron chi connectivity index (χ4n) is 3.59. The number of carbonyl (C=O) groups excluding carboxylic acids is 1. The highest BCUT2D eigenvalue weighted by Gasteiger charge is 2.15. The van der Waals surface area contributed by atoms with Crippen LogP contribution in [0.5, 0.6) is 0 Å². The highest BCUT2D eigenvalue weighted by molar-refractivity contribution is 6.31. The molecule has 2 N–H and O–H groups in total. The fraction of sp³-hybridized carbons (Fsp3) is 0.167. The summed E-state index contributed by atoms with van der Waals surface area (Å²) in [5.41, 5.74) is 5.04. The van der Waals surface area contributed by atoms with Crippen molar-refractivity contribution in [3.63, 3.8) is 0 Å². The van der Waals surface area contributed by atoms with E-state index in [1.165, 1.54) is 12.1 Å². The van der Waals surface area contributed by atoms with Gasteiger partial charge in [-0.2, -0.15) is 0 Å². The van der Waals surface area contributed by atoms with Crippen LogP contribution in [0.2, 0.25) is 5.02 Å². The lowest BCUT2D eigenvalue weighted by Gasteiger charge is -2.10. The number of carbonyl (C=O) groups is 1. The highest BCUT2D eigenvalue weighted by atomic mass is 35.5. The minimum atomic E-state index is -0.288. The monoisotopic (exact) mass is 421 g/mol. The SMILES string of the molecule is Cc1c(Cl)cccc1NC(=O)CCCc1c(-c2ccccn2)[nH]c2ccc(F)cc12. The van der Waals surface area contributed by atoms with Gasteiger partial charge in [0.05, 0.1) is 11.4 Å². The largest absolute Gasteiger partial charge is 0.353 e. The molecule has 0 aliphatic carbocycles. The molecular formula is C24H21ClFN3O. The van der Waals surface area contributed by atoms with Gasteiger partial charge in [0.25, 0.3) is 0 Å². The number of nitrogens with zero attached hydrogens (tertiary/aromatic N) is 1. The van der Waals surface area contributed by atoms with Crippen LogP contribution < -0.4 is 5.32 Å². The van der Waals surface area contributed by atoms with E-state index >= 15 is 0 Å². The first-order chi connectivity index (χ1) is 14.5. The molecule has 2 heterocycles. The summed E-state index contributed by atoms with van der Waals surface area (Å²) < 4.78 is 13.9. The van der Waals surface area contributed by atoms with E-state index in [0.717, 1.165) is 39.1 Å². The summed E-state index contributed by atoms with van der Waals surface area (Å²) in [5, 5.41) is 4.36. The maximum Gasteiger partial charge on any atom is 0.224 e. The van der Waals surface area contributed by atoms with Gasteiger partial charge in [-0.25, -0.2) is 4.39 Å². The Kier molecular flexibility index (Phi) is 5.81. The molecule has 4 nitrogen and oxygen atoms in total. The van der Waals surface area contributed by atoms with Gasteiger partial charge in [0.2, 0.25) is 5.91 Å². The van der Waals surface area contributed by atoms with E-state index in [1.807, 2.05) is 37.3 Å². The molecular weight excluding hydrogens is 401 g/mol. The summed E-state index contributed by atoms with van der Waals surface area (Å²) in [6.45, 7) is 1.87. The number of anilines is 1. The van der Waals surface area contributed by atoms with Crippen molar-refractivity contribution in [1.29, 1.82) is 0 Å². The standard InChI is InChI=1S/C24H21ClFN3O/c1-15-19(25)7-5-9-20(15)28-23(30)10-4-6-17-18-14-16(26)11-12-21(18)29-24(17)22-8-2-3-13-27-22/h2-3,5,7-9,11-14,29H,4,6,10H2,1H3,(H,28,30). The Hall–Kier alpha value is -3.18. The second kappa shape index (κ2) is 8.67. The Labute approximate surface area is 179 Å². The number of aromatic nitrogens is 2. The van der Waals surface area contributed by atoms with Crippen molar-refractivity contribution >= 4 is 34.1 Å². The third-order valence-corrected chi connectivity index (χ3v) is 5.57. The van der Waals surface area contributed by atoms with E-state index in [9.17, 15) is 9.18 Å². The minimum Gasteiger partial charge on any atom is -0.353 e. The van der Waals surface area contributed by atoms with Crippen LogP contribution in [0.3, 0.4) is 0 Å². The van der Waals surface area contributed by atoms with Crippen LogP contribution in [0.25, 0.3) is 22.3 Å². The lowest BCUT2D eigenvalue weighted by atomic mass is 10.0. The zero-order valence-electron chi connectivity index (χ0n) is 16.5. The third-order valence-electron chi connectivity index (χ3n) is 5.16. The molecule has 0 spiro atoms. The second-order valence-corrected chi connectivity index (χ2v) is 7.60. The average Bonchev–Trinajstić information content (AvgIpc) is 3.10. The van der Waals surface area contributed by atoms with E-state index in [-0.39, 0.29) is 11.7 Å². The molecule has 0 bridgehead atoms. The minimum absolute atomic E-state index is 0.0780. The number of benzene rings is 2. The third kappa shape index (κ3) is 4.21. The van der Waals surface area contributed by atoms with Gasteiger partial charge in [0.1, 0.15) is 5.82 Å². The van der Waals surface area contributed by atoms with E-state index in [4.69, 9.17) is 11.6 Å². The lowest BCUT2D eigenvalue weighted by molar-refractivity contribution is -0.116. The number of fused-ring (bicyclic) bond motifs is 1. The number of hydrogen-bond donors (Lipinski definition) is 2. The molecule has 0 aliphatic rings. The summed E-state index contributed by atoms with van der Waals surface area (Å²) >= 11 is 6.12. The van der Waals surface area contributed by atoms with Crippen LogP contribution in [-0.2, 0) is 11.2 Å². The van der Waals surface area contributed by atoms with Crippen molar-refractivity contribution in [2.45, 2.75) is 26.2 Å². The molecule has 6 heteroatoms. The molecule has 4 aromatic rings. The highest BCUT2D eigenvalue weighted by Crippen LogP contribution is 2.31. The van der Waals surface area contributed by atoms with E-state index in [1.54, 1.807) is 18.3 Å². The quantitative estimate of drug-likeness (QED) is 0.384. The number of rotatable bonds is 6. The number of halogens is 2. The molecule has 0 unspecified atom stereocenters. The van der Waals surface area contributed by atoms with Crippen LogP contribution in [0.1, 0.15) is 24.0 Å². The van der Waals surface area contributed by atoms with Crippen molar-refractivity contribution < 1.29 is 9.18 Å². The van der Waals surface area contributed by atoms with Crippen LogP contribution >= 0.6 is 11.6 Å². The van der Waals surface area contributed by atoms with Gasteiger partial charge in [-0.1, -0.05) is 23.7 Å². The molecule has 2 aromatic carbocycles. The van der Waals surface area contributed by atoms with Crippen molar-refractivity contribution in [1.82, 2.24) is 9.97 Å². The Balaban J connectivity index is 1.53. The smallest absolute Gasteiger partial charge is 0.224 e. The van der Waals surface area contributed by atoms with Crippen LogP contribution in [0.4, 0.5) is 10.1 Å². The van der Waals surface area contributed by atoms with Gasteiger partial charge in [-0.3, -0.25) is 9.78 Å². The molecule has 0 aliphatic heterocycles. The van der Waals surface area contributed by atoms with E-state index in [0.29, 0.717) is 24.3 Å². The van der Waals surface area contributed by atoms with Crippen LogP contribution in [-0.4, -0.2) is 15.9 Å². The molecule has 4 rings (SSSR count). The van der Waals surface area contributed by atoms with Crippen LogP contribution in [0, 0.1) is 12.7 Å². The maximum atomic E-state index is 13.9. The predicted octanol–water partition coefficient (Wildman–Crippen LogP) is 6.29. The topological polar surface area (TPSA) is 57.8 Å². The van der Waals surface area contributed by atoms with Gasteiger partial charge >= 0.3 is 0 Å². The number of aromatic amines is 1. The molecule has 152 valence electrons. The van der Waals surface area contributed by atoms with Gasteiger partial charge in [0, 0.05) is 34.2 Å². The average molecular weight is 422 g/mol. The molecule has 0 saturated heterocycles. The summed E-state index contributed by atoms with van der Waals surface area (Å²) in [5.74, 6) is -0.365. The number of nitrogens with one attached hydrogen (secondary N) is 2. The molecule has 2 aromatic heterocycles. The fourth-order valence-corrected chi connectivity index (χ4v) is 3.76. The molecule has 30 heavy (non-hydrogen) atoms. The first kappa shape index (κ1) is 20.1. The predicted molar refractivity (Wildman–Crippen MR) is 119 cm³/mol. The Bertz CT molecular complexity index is 1200. The number of pyridine rings is 1. The van der Waals surface area contributed by atoms with E-state index < -0.39 is 0 Å². The number of hydrogen-bond acceptors (Lipinski definition) is 2.